The summed E-state index contributed by atoms with van der Waals surface area (Å²) >= 11 is 11.8. The van der Waals surface area contributed by atoms with Crippen molar-refractivity contribution < 1.29 is 19.1 Å². The lowest BCUT2D eigenvalue weighted by molar-refractivity contribution is -0.124. The third-order valence-corrected chi connectivity index (χ3v) is 6.51. The fourth-order valence-electron chi connectivity index (χ4n) is 4.02. The van der Waals surface area contributed by atoms with E-state index in [1.54, 1.807) is 48.5 Å². The Balaban J connectivity index is 1.73. The van der Waals surface area contributed by atoms with Crippen molar-refractivity contribution in [2.24, 2.45) is 0 Å². The molecule has 1 aliphatic heterocycles. The van der Waals surface area contributed by atoms with E-state index in [9.17, 15) is 14.4 Å². The monoisotopic (exact) mass is 515 g/mol. The third kappa shape index (κ3) is 6.80. The van der Waals surface area contributed by atoms with Gasteiger partial charge in [-0.15, -0.1) is 0 Å². The molecule has 1 aliphatic rings. The van der Waals surface area contributed by atoms with Crippen molar-refractivity contribution in [3.8, 4) is 0 Å². The lowest BCUT2D eigenvalue weighted by atomic mass is 10.1. The Morgan fingerprint density at radius 3 is 2.46 bits per heavy atom. The van der Waals surface area contributed by atoms with Gasteiger partial charge in [-0.2, -0.15) is 0 Å². The van der Waals surface area contributed by atoms with E-state index in [0.29, 0.717) is 33.6 Å². The number of thiocarbonyl (C=S) groups is 1. The molecule has 9 heteroatoms. The van der Waals surface area contributed by atoms with Crippen LogP contribution in [0.25, 0.3) is 0 Å². The Labute approximate surface area is 216 Å². The molecule has 0 aromatic heterocycles. The summed E-state index contributed by atoms with van der Waals surface area (Å²) in [6.45, 7) is 2.76. The van der Waals surface area contributed by atoms with E-state index < -0.39 is 12.0 Å². The first-order chi connectivity index (χ1) is 16.8. The summed E-state index contributed by atoms with van der Waals surface area (Å²) < 4.78 is 4.69. The highest BCUT2D eigenvalue weighted by molar-refractivity contribution is 7.80. The molecule has 1 saturated heterocycles. The van der Waals surface area contributed by atoms with Crippen LogP contribution >= 0.6 is 23.8 Å². The van der Waals surface area contributed by atoms with Crippen molar-refractivity contribution in [1.29, 1.82) is 0 Å². The molecule has 2 amide bonds. The minimum Gasteiger partial charge on any atom is -0.465 e. The second-order valence-electron chi connectivity index (χ2n) is 8.38. The van der Waals surface area contributed by atoms with Gasteiger partial charge in [-0.25, -0.2) is 4.79 Å². The zero-order valence-electron chi connectivity index (χ0n) is 20.0. The average Bonchev–Trinajstić information content (AvgIpc) is 3.07. The Hall–Kier alpha value is -2.97. The largest absolute Gasteiger partial charge is 0.465 e. The van der Waals surface area contributed by atoms with Crippen LogP contribution in [-0.2, 0) is 14.3 Å². The smallest absolute Gasteiger partial charge is 0.337 e. The molecule has 1 fully saturated rings. The number of hydrogen-bond donors (Lipinski definition) is 1. The van der Waals surface area contributed by atoms with Crippen molar-refractivity contribution in [2.75, 3.05) is 23.9 Å². The number of rotatable bonds is 11. The maximum Gasteiger partial charge on any atom is 0.337 e. The molecule has 35 heavy (non-hydrogen) atoms. The third-order valence-electron chi connectivity index (χ3n) is 5.86. The SMILES string of the molecule is CCCCCCCN1C(=S)N(c2cccc(Cl)c2)C(=O)C1CC(=O)Nc1ccc(C(=O)OC)cc1. The minimum absolute atomic E-state index is 0.0518. The summed E-state index contributed by atoms with van der Waals surface area (Å²) in [4.78, 5) is 41.3. The molecule has 2 aromatic rings. The first-order valence-corrected chi connectivity index (χ1v) is 12.5. The standard InChI is InChI=1S/C26H30ClN3O4S/c1-3-4-5-6-7-15-29-22(24(32)30(26(29)35)21-10-8-9-19(27)16-21)17-23(31)28-20-13-11-18(12-14-20)25(33)34-2/h8-14,16,22H,3-7,15,17H2,1-2H3,(H,28,31). The summed E-state index contributed by atoms with van der Waals surface area (Å²) in [5, 5.41) is 3.69. The van der Waals surface area contributed by atoms with Crippen LogP contribution in [0.5, 0.6) is 0 Å². The second kappa shape index (κ2) is 12.7. The molecule has 0 bridgehead atoms. The minimum atomic E-state index is -0.706. The van der Waals surface area contributed by atoms with Crippen molar-refractivity contribution in [3.63, 3.8) is 0 Å². The molecule has 0 radical (unpaired) electrons. The fraction of sp³-hybridized carbons (Fsp3) is 0.385. The number of nitrogens with one attached hydrogen (secondary N) is 1. The summed E-state index contributed by atoms with van der Waals surface area (Å²) in [7, 11) is 1.31. The van der Waals surface area contributed by atoms with Gasteiger partial charge >= 0.3 is 5.97 Å². The first kappa shape index (κ1) is 26.6. The number of unbranched alkanes of at least 4 members (excludes halogenated alkanes) is 4. The van der Waals surface area contributed by atoms with Crippen molar-refractivity contribution in [3.05, 3.63) is 59.1 Å². The van der Waals surface area contributed by atoms with Crippen molar-refractivity contribution in [2.45, 2.75) is 51.5 Å². The lowest BCUT2D eigenvalue weighted by Crippen LogP contribution is -2.38. The molecular weight excluding hydrogens is 486 g/mol. The zero-order chi connectivity index (χ0) is 25.4. The quantitative estimate of drug-likeness (QED) is 0.244. The van der Waals surface area contributed by atoms with Crippen LogP contribution in [0, 0.1) is 0 Å². The molecule has 0 saturated carbocycles. The van der Waals surface area contributed by atoms with Crippen molar-refractivity contribution >= 4 is 58.1 Å². The van der Waals surface area contributed by atoms with Gasteiger partial charge in [0.1, 0.15) is 6.04 Å². The number of benzene rings is 2. The van der Waals surface area contributed by atoms with E-state index >= 15 is 0 Å². The summed E-state index contributed by atoms with van der Waals surface area (Å²) in [5.74, 6) is -1.02. The van der Waals surface area contributed by atoms with E-state index in [4.69, 9.17) is 28.6 Å². The first-order valence-electron chi connectivity index (χ1n) is 11.7. The van der Waals surface area contributed by atoms with Crippen LogP contribution < -0.4 is 10.2 Å². The Morgan fingerprint density at radius 1 is 1.09 bits per heavy atom. The molecule has 1 heterocycles. The topological polar surface area (TPSA) is 79.0 Å². The summed E-state index contributed by atoms with van der Waals surface area (Å²) in [6, 6.07) is 12.6. The zero-order valence-corrected chi connectivity index (χ0v) is 21.5. The lowest BCUT2D eigenvalue weighted by Gasteiger charge is -2.24. The van der Waals surface area contributed by atoms with Gasteiger partial charge in [-0.1, -0.05) is 50.3 Å². The summed E-state index contributed by atoms with van der Waals surface area (Å²) in [5.41, 5.74) is 1.49. The Morgan fingerprint density at radius 2 is 1.80 bits per heavy atom. The normalized spacial score (nSPS) is 15.5. The van der Waals surface area contributed by atoms with Crippen LogP contribution in [0.3, 0.4) is 0 Å². The number of carbonyl (C=O) groups is 3. The maximum atomic E-state index is 13.4. The van der Waals surface area contributed by atoms with Crippen LogP contribution in [0.2, 0.25) is 5.02 Å². The van der Waals surface area contributed by atoms with Crippen LogP contribution in [0.15, 0.2) is 48.5 Å². The molecule has 186 valence electrons. The van der Waals surface area contributed by atoms with Gasteiger partial charge in [0, 0.05) is 17.3 Å². The maximum absolute atomic E-state index is 13.4. The summed E-state index contributed by atoms with van der Waals surface area (Å²) in [6.07, 6.45) is 5.29. The number of amides is 2. The molecule has 1 atom stereocenters. The number of anilines is 2. The molecular formula is C26H30ClN3O4S. The Kier molecular flexibility index (Phi) is 9.63. The predicted octanol–water partition coefficient (Wildman–Crippen LogP) is 5.43. The highest BCUT2D eigenvalue weighted by Gasteiger charge is 2.43. The molecule has 1 N–H and O–H groups in total. The number of halogens is 1. The predicted molar refractivity (Wildman–Crippen MR) is 142 cm³/mol. The van der Waals surface area contributed by atoms with Crippen molar-refractivity contribution in [1.82, 2.24) is 4.90 Å². The Bertz CT molecular complexity index is 1080. The van der Waals surface area contributed by atoms with E-state index in [-0.39, 0.29) is 18.2 Å². The number of hydrogen-bond acceptors (Lipinski definition) is 5. The van der Waals surface area contributed by atoms with Crippen LogP contribution in [-0.4, -0.2) is 47.5 Å². The average molecular weight is 516 g/mol. The molecule has 2 aromatic carbocycles. The second-order valence-corrected chi connectivity index (χ2v) is 9.18. The van der Waals surface area contributed by atoms with Gasteiger partial charge in [0.15, 0.2) is 5.11 Å². The molecule has 0 spiro atoms. The van der Waals surface area contributed by atoms with Gasteiger partial charge < -0.3 is 15.0 Å². The number of carbonyl (C=O) groups excluding carboxylic acids is 3. The number of esters is 1. The van der Waals surface area contributed by atoms with E-state index in [1.165, 1.54) is 18.4 Å². The van der Waals surface area contributed by atoms with E-state index in [1.807, 2.05) is 4.90 Å². The van der Waals surface area contributed by atoms with E-state index in [0.717, 1.165) is 25.7 Å². The molecule has 1 unspecified atom stereocenters. The van der Waals surface area contributed by atoms with Crippen LogP contribution in [0.4, 0.5) is 11.4 Å². The fourth-order valence-corrected chi connectivity index (χ4v) is 4.62. The van der Waals surface area contributed by atoms with Crippen LogP contribution in [0.1, 0.15) is 55.8 Å². The van der Waals surface area contributed by atoms with Gasteiger partial charge in [-0.3, -0.25) is 14.5 Å². The number of methoxy groups -OCH3 is 1. The highest BCUT2D eigenvalue weighted by atomic mass is 35.5. The molecule has 7 nitrogen and oxygen atoms in total. The van der Waals surface area contributed by atoms with Gasteiger partial charge in [0.25, 0.3) is 5.91 Å². The number of ether oxygens (including phenoxy) is 1. The molecule has 3 rings (SSSR count). The van der Waals surface area contributed by atoms with Gasteiger partial charge in [0.05, 0.1) is 24.8 Å². The number of nitrogens with zero attached hydrogens (tertiary/aromatic N) is 2. The van der Waals surface area contributed by atoms with Gasteiger partial charge in [-0.05, 0) is 61.1 Å². The van der Waals surface area contributed by atoms with Gasteiger partial charge in [0.2, 0.25) is 5.91 Å². The molecule has 0 aliphatic carbocycles. The van der Waals surface area contributed by atoms with E-state index in [2.05, 4.69) is 12.2 Å². The highest BCUT2D eigenvalue weighted by Crippen LogP contribution is 2.29.